The minimum absolute atomic E-state index is 0.0161. The van der Waals surface area contributed by atoms with Crippen molar-refractivity contribution in [3.63, 3.8) is 0 Å². The van der Waals surface area contributed by atoms with Gasteiger partial charge in [0.1, 0.15) is 17.6 Å². The Morgan fingerprint density at radius 2 is 2.12 bits per heavy atom. The van der Waals surface area contributed by atoms with Crippen LogP contribution in [0.15, 0.2) is 12.1 Å². The van der Waals surface area contributed by atoms with E-state index >= 15 is 0 Å². The van der Waals surface area contributed by atoms with Crippen molar-refractivity contribution in [2.45, 2.75) is 45.4 Å². The molecule has 0 radical (unpaired) electrons. The van der Waals surface area contributed by atoms with E-state index in [0.29, 0.717) is 5.56 Å². The Hall–Kier alpha value is -1.56. The molecule has 0 saturated heterocycles. The Balaban J connectivity index is 2.89. The van der Waals surface area contributed by atoms with E-state index in [0.717, 1.165) is 31.7 Å². The van der Waals surface area contributed by atoms with Gasteiger partial charge in [-0.05, 0) is 24.5 Å². The van der Waals surface area contributed by atoms with Crippen molar-refractivity contribution in [3.8, 4) is 11.8 Å². The van der Waals surface area contributed by atoms with Crippen LogP contribution >= 0.6 is 0 Å². The fourth-order valence-electron chi connectivity index (χ4n) is 1.94. The molecule has 17 heavy (non-hydrogen) atoms. The van der Waals surface area contributed by atoms with Crippen molar-refractivity contribution in [1.82, 2.24) is 0 Å². The molecule has 0 aliphatic rings. The van der Waals surface area contributed by atoms with Gasteiger partial charge in [0.05, 0.1) is 5.56 Å². The SMILES string of the molecule is CCCCCC(C)c1cc(F)cc(C#N)c1O. The first kappa shape index (κ1) is 13.5. The number of hydrogen-bond acceptors (Lipinski definition) is 2. The lowest BCUT2D eigenvalue weighted by Gasteiger charge is -2.14. The summed E-state index contributed by atoms with van der Waals surface area (Å²) in [6, 6.07) is 4.20. The van der Waals surface area contributed by atoms with Gasteiger partial charge >= 0.3 is 0 Å². The fourth-order valence-corrected chi connectivity index (χ4v) is 1.94. The van der Waals surface area contributed by atoms with E-state index in [-0.39, 0.29) is 17.2 Å². The lowest BCUT2D eigenvalue weighted by atomic mass is 9.92. The Morgan fingerprint density at radius 3 is 2.71 bits per heavy atom. The highest BCUT2D eigenvalue weighted by Gasteiger charge is 2.15. The number of rotatable bonds is 5. The molecule has 92 valence electrons. The second-order valence-electron chi connectivity index (χ2n) is 4.40. The molecule has 1 aromatic carbocycles. The van der Waals surface area contributed by atoms with Crippen LogP contribution in [-0.4, -0.2) is 5.11 Å². The van der Waals surface area contributed by atoms with Crippen LogP contribution in [0.1, 0.15) is 56.6 Å². The first-order valence-electron chi connectivity index (χ1n) is 6.02. The summed E-state index contributed by atoms with van der Waals surface area (Å²) in [6.45, 7) is 4.07. The molecule has 0 amide bonds. The van der Waals surface area contributed by atoms with Gasteiger partial charge in [0.2, 0.25) is 0 Å². The van der Waals surface area contributed by atoms with E-state index < -0.39 is 5.82 Å². The molecule has 0 aliphatic carbocycles. The molecule has 3 heteroatoms. The summed E-state index contributed by atoms with van der Waals surface area (Å²) in [5.41, 5.74) is 0.556. The molecule has 0 saturated carbocycles. The molecule has 1 N–H and O–H groups in total. The van der Waals surface area contributed by atoms with E-state index in [9.17, 15) is 9.50 Å². The molecule has 1 unspecified atom stereocenters. The quantitative estimate of drug-likeness (QED) is 0.781. The van der Waals surface area contributed by atoms with Gasteiger partial charge in [0.15, 0.2) is 0 Å². The van der Waals surface area contributed by atoms with Gasteiger partial charge < -0.3 is 5.11 Å². The predicted molar refractivity (Wildman–Crippen MR) is 65.3 cm³/mol. The van der Waals surface area contributed by atoms with E-state index in [1.165, 1.54) is 6.07 Å². The Morgan fingerprint density at radius 1 is 1.41 bits per heavy atom. The first-order chi connectivity index (χ1) is 8.10. The van der Waals surface area contributed by atoms with Gasteiger partial charge in [0, 0.05) is 5.56 Å². The average molecular weight is 235 g/mol. The number of phenols is 1. The third kappa shape index (κ3) is 3.45. The van der Waals surface area contributed by atoms with E-state index in [1.54, 1.807) is 0 Å². The van der Waals surface area contributed by atoms with Crippen LogP contribution in [-0.2, 0) is 0 Å². The van der Waals surface area contributed by atoms with E-state index in [4.69, 9.17) is 5.26 Å². The number of hydrogen-bond donors (Lipinski definition) is 1. The topological polar surface area (TPSA) is 44.0 Å². The maximum Gasteiger partial charge on any atom is 0.137 e. The second kappa shape index (κ2) is 6.24. The average Bonchev–Trinajstić information content (AvgIpc) is 2.31. The summed E-state index contributed by atoms with van der Waals surface area (Å²) in [5.74, 6) is -0.459. The normalized spacial score (nSPS) is 12.1. The van der Waals surface area contributed by atoms with Crippen molar-refractivity contribution in [2.75, 3.05) is 0 Å². The van der Waals surface area contributed by atoms with Gasteiger partial charge in [-0.25, -0.2) is 4.39 Å². The Bertz CT molecular complexity index is 423. The van der Waals surface area contributed by atoms with Crippen LogP contribution in [0.2, 0.25) is 0 Å². The summed E-state index contributed by atoms with van der Waals surface area (Å²) >= 11 is 0. The maximum atomic E-state index is 13.3. The number of halogens is 1. The number of phenolic OH excluding ortho intramolecular Hbond substituents is 1. The number of nitriles is 1. The number of benzene rings is 1. The highest BCUT2D eigenvalue weighted by Crippen LogP contribution is 2.32. The molecule has 0 spiro atoms. The molecule has 1 atom stereocenters. The predicted octanol–water partition coefficient (Wildman–Crippen LogP) is 4.09. The molecule has 0 aromatic heterocycles. The molecule has 0 aliphatic heterocycles. The minimum Gasteiger partial charge on any atom is -0.506 e. The van der Waals surface area contributed by atoms with E-state index in [2.05, 4.69) is 6.92 Å². The summed E-state index contributed by atoms with van der Waals surface area (Å²) in [6.07, 6.45) is 4.21. The Labute approximate surface area is 102 Å². The summed E-state index contributed by atoms with van der Waals surface area (Å²) in [4.78, 5) is 0. The maximum absolute atomic E-state index is 13.3. The number of nitrogens with zero attached hydrogens (tertiary/aromatic N) is 1. The van der Waals surface area contributed by atoms with Crippen LogP contribution < -0.4 is 0 Å². The number of aromatic hydroxyl groups is 1. The largest absolute Gasteiger partial charge is 0.506 e. The van der Waals surface area contributed by atoms with Crippen LogP contribution in [0, 0.1) is 17.1 Å². The molecule has 1 aromatic rings. The third-order valence-corrected chi connectivity index (χ3v) is 3.00. The van der Waals surface area contributed by atoms with Crippen molar-refractivity contribution in [2.24, 2.45) is 0 Å². The first-order valence-corrected chi connectivity index (χ1v) is 6.02. The molecule has 0 heterocycles. The van der Waals surface area contributed by atoms with Crippen molar-refractivity contribution in [1.29, 1.82) is 5.26 Å². The highest BCUT2D eigenvalue weighted by atomic mass is 19.1. The summed E-state index contributed by atoms with van der Waals surface area (Å²) in [7, 11) is 0. The standard InChI is InChI=1S/C14H18FNO/c1-3-4-5-6-10(2)13-8-12(15)7-11(9-16)14(13)17/h7-8,10,17H,3-6H2,1-2H3. The zero-order chi connectivity index (χ0) is 12.8. The third-order valence-electron chi connectivity index (χ3n) is 3.00. The fraction of sp³-hybridized carbons (Fsp3) is 0.500. The lowest BCUT2D eigenvalue weighted by Crippen LogP contribution is -1.97. The van der Waals surface area contributed by atoms with Crippen LogP contribution in [0.25, 0.3) is 0 Å². The smallest absolute Gasteiger partial charge is 0.137 e. The summed E-state index contributed by atoms with van der Waals surface area (Å²) < 4.78 is 13.3. The number of unbranched alkanes of at least 4 members (excludes halogenated alkanes) is 2. The van der Waals surface area contributed by atoms with Gasteiger partial charge in [-0.2, -0.15) is 5.26 Å². The molecule has 0 bridgehead atoms. The van der Waals surface area contributed by atoms with Crippen LogP contribution in [0.5, 0.6) is 5.75 Å². The molecule has 2 nitrogen and oxygen atoms in total. The van der Waals surface area contributed by atoms with Gasteiger partial charge in [0.25, 0.3) is 0 Å². The second-order valence-corrected chi connectivity index (χ2v) is 4.40. The molecular formula is C14H18FNO. The zero-order valence-corrected chi connectivity index (χ0v) is 10.3. The molecule has 1 rings (SSSR count). The molecular weight excluding hydrogens is 217 g/mol. The monoisotopic (exact) mass is 235 g/mol. The van der Waals surface area contributed by atoms with Crippen molar-refractivity contribution < 1.29 is 9.50 Å². The highest BCUT2D eigenvalue weighted by molar-refractivity contribution is 5.49. The molecule has 0 fully saturated rings. The zero-order valence-electron chi connectivity index (χ0n) is 10.3. The van der Waals surface area contributed by atoms with Crippen molar-refractivity contribution >= 4 is 0 Å². The minimum atomic E-state index is -0.461. The van der Waals surface area contributed by atoms with Crippen molar-refractivity contribution in [3.05, 3.63) is 29.1 Å². The summed E-state index contributed by atoms with van der Waals surface area (Å²) in [5, 5.41) is 18.6. The van der Waals surface area contributed by atoms with Crippen LogP contribution in [0.4, 0.5) is 4.39 Å². The van der Waals surface area contributed by atoms with Crippen LogP contribution in [0.3, 0.4) is 0 Å². The lowest BCUT2D eigenvalue weighted by molar-refractivity contribution is 0.453. The van der Waals surface area contributed by atoms with E-state index in [1.807, 2.05) is 13.0 Å². The van der Waals surface area contributed by atoms with Gasteiger partial charge in [-0.15, -0.1) is 0 Å². The Kier molecular flexibility index (Phi) is 4.96. The van der Waals surface area contributed by atoms with Gasteiger partial charge in [-0.3, -0.25) is 0 Å². The van der Waals surface area contributed by atoms with Gasteiger partial charge in [-0.1, -0.05) is 33.1 Å².